The summed E-state index contributed by atoms with van der Waals surface area (Å²) in [6, 6.07) is 0. The zero-order chi connectivity index (χ0) is 9.15. The lowest BCUT2D eigenvalue weighted by atomic mass is 11.5. The molecule has 0 aliphatic heterocycles. The third kappa shape index (κ3) is 81.2. The van der Waals surface area contributed by atoms with Gasteiger partial charge in [-0.1, -0.05) is 0 Å². The minimum absolute atomic E-state index is 1.83. The fourth-order valence-corrected chi connectivity index (χ4v) is 0. The van der Waals surface area contributed by atoms with Gasteiger partial charge in [0.25, 0.3) is 0 Å². The van der Waals surface area contributed by atoms with E-state index in [1.165, 1.54) is 0 Å². The number of carbonyl (C=O) groups is 2. The zero-order valence-electron chi connectivity index (χ0n) is 4.76. The monoisotopic (exact) mass is 156 g/mol. The van der Waals surface area contributed by atoms with E-state index in [0.717, 1.165) is 0 Å². The maximum atomic E-state index is 8.56. The van der Waals surface area contributed by atoms with Crippen molar-refractivity contribution in [3.63, 3.8) is 0 Å². The molecule has 0 aliphatic rings. The molecule has 0 aromatic heterocycles. The van der Waals surface area contributed by atoms with E-state index in [9.17, 15) is 0 Å². The van der Waals surface area contributed by atoms with Crippen molar-refractivity contribution in [2.75, 3.05) is 0 Å². The second-order valence-corrected chi connectivity index (χ2v) is 0.565. The van der Waals surface area contributed by atoms with Crippen molar-refractivity contribution in [3.05, 3.63) is 0 Å². The van der Waals surface area contributed by atoms with E-state index in [2.05, 4.69) is 11.7 Å². The van der Waals surface area contributed by atoms with Crippen molar-refractivity contribution in [2.24, 2.45) is 11.7 Å². The van der Waals surface area contributed by atoms with Gasteiger partial charge in [0.2, 0.25) is 0 Å². The van der Waals surface area contributed by atoms with Gasteiger partial charge < -0.3 is 20.4 Å². The highest BCUT2D eigenvalue weighted by Gasteiger charge is 1.70. The Morgan fingerprint density at radius 1 is 0.800 bits per heavy atom. The minimum atomic E-state index is -1.83. The second-order valence-electron chi connectivity index (χ2n) is 0.565. The topological polar surface area (TPSA) is 167 Å². The van der Waals surface area contributed by atoms with Gasteiger partial charge in [-0.15, -0.1) is 0 Å². The molecule has 0 amide bonds. The van der Waals surface area contributed by atoms with Crippen LogP contribution in [-0.2, 0) is 0 Å². The van der Waals surface area contributed by atoms with E-state index >= 15 is 0 Å². The number of hydrogen-bond donors (Lipinski definition) is 6. The van der Waals surface area contributed by atoms with Crippen LogP contribution in [0.1, 0.15) is 0 Å². The molecule has 0 heterocycles. The van der Waals surface area contributed by atoms with Crippen molar-refractivity contribution < 1.29 is 30.0 Å². The molecule has 10 heavy (non-hydrogen) atoms. The van der Waals surface area contributed by atoms with Gasteiger partial charge in [-0.3, -0.25) is 11.7 Å². The summed E-state index contributed by atoms with van der Waals surface area (Å²) in [6.45, 7) is 0. The summed E-state index contributed by atoms with van der Waals surface area (Å²) in [5, 5.41) is 27.9. The summed E-state index contributed by atoms with van der Waals surface area (Å²) in [7, 11) is 0. The number of hydrazine groups is 1. The highest BCUT2D eigenvalue weighted by molar-refractivity contribution is 5.53. The van der Waals surface area contributed by atoms with Crippen molar-refractivity contribution in [1.82, 2.24) is 0 Å². The Morgan fingerprint density at radius 3 is 0.800 bits per heavy atom. The molecule has 0 aromatic rings. The largest absolute Gasteiger partial charge is 0.503 e. The van der Waals surface area contributed by atoms with Crippen LogP contribution in [0.15, 0.2) is 0 Å². The first-order chi connectivity index (χ1) is 4.46. The summed E-state index contributed by atoms with van der Waals surface area (Å²) in [5.74, 6) is 8.00. The minimum Gasteiger partial charge on any atom is -0.450 e. The van der Waals surface area contributed by atoms with Crippen LogP contribution in [0.5, 0.6) is 0 Å². The average molecular weight is 156 g/mol. The second kappa shape index (κ2) is 15.7. The SMILES string of the molecule is NN.O=C(O)O.O=C(O)O. The fraction of sp³-hybridized carbons (Fsp3) is 0. The van der Waals surface area contributed by atoms with Crippen molar-refractivity contribution in [3.8, 4) is 0 Å². The average Bonchev–Trinajstić information content (AvgIpc) is 1.66. The van der Waals surface area contributed by atoms with Crippen LogP contribution in [0.2, 0.25) is 0 Å². The predicted octanol–water partition coefficient (Wildman–Crippen LogP) is -0.736. The molecule has 8 N–H and O–H groups in total. The molecular formula is C2H8N2O6. The van der Waals surface area contributed by atoms with Gasteiger partial charge in [0.05, 0.1) is 0 Å². The van der Waals surface area contributed by atoms with E-state index in [1.54, 1.807) is 0 Å². The maximum Gasteiger partial charge on any atom is 0.503 e. The third-order valence-corrected chi connectivity index (χ3v) is 0. The summed E-state index contributed by atoms with van der Waals surface area (Å²) < 4.78 is 0. The molecule has 0 atom stereocenters. The molecule has 0 rings (SSSR count). The first-order valence-corrected chi connectivity index (χ1v) is 1.64. The van der Waals surface area contributed by atoms with Gasteiger partial charge in [0, 0.05) is 0 Å². The van der Waals surface area contributed by atoms with Gasteiger partial charge >= 0.3 is 12.3 Å². The number of nitrogens with two attached hydrogens (primary N) is 2. The fourth-order valence-electron chi connectivity index (χ4n) is 0. The Morgan fingerprint density at radius 2 is 0.800 bits per heavy atom. The van der Waals surface area contributed by atoms with E-state index in [4.69, 9.17) is 30.0 Å². The van der Waals surface area contributed by atoms with Crippen molar-refractivity contribution >= 4 is 12.3 Å². The molecule has 0 bridgehead atoms. The molecule has 0 aliphatic carbocycles. The molecule has 0 aromatic carbocycles. The Balaban J connectivity index is -0.0000000787. The van der Waals surface area contributed by atoms with Crippen LogP contribution < -0.4 is 11.7 Å². The summed E-state index contributed by atoms with van der Waals surface area (Å²) >= 11 is 0. The number of carboxylic acid groups (broad SMARTS) is 4. The molecule has 0 radical (unpaired) electrons. The quantitative estimate of drug-likeness (QED) is 0.197. The molecule has 0 fully saturated rings. The lowest BCUT2D eigenvalue weighted by Gasteiger charge is -1.60. The van der Waals surface area contributed by atoms with Gasteiger partial charge in [0.1, 0.15) is 0 Å². The first-order valence-electron chi connectivity index (χ1n) is 1.64. The van der Waals surface area contributed by atoms with Gasteiger partial charge in [-0.25, -0.2) is 9.59 Å². The molecule has 8 heteroatoms. The summed E-state index contributed by atoms with van der Waals surface area (Å²) in [5.41, 5.74) is 0. The normalized spacial score (nSPS) is 5.40. The van der Waals surface area contributed by atoms with E-state index in [0.29, 0.717) is 0 Å². The Kier molecular flexibility index (Phi) is 24.7. The molecular weight excluding hydrogens is 148 g/mol. The number of rotatable bonds is 0. The molecule has 0 saturated heterocycles. The maximum absolute atomic E-state index is 8.56. The smallest absolute Gasteiger partial charge is 0.450 e. The summed E-state index contributed by atoms with van der Waals surface area (Å²) in [4.78, 5) is 17.1. The number of hydrogen-bond acceptors (Lipinski definition) is 4. The van der Waals surface area contributed by atoms with Crippen molar-refractivity contribution in [1.29, 1.82) is 0 Å². The van der Waals surface area contributed by atoms with Crippen LogP contribution >= 0.6 is 0 Å². The van der Waals surface area contributed by atoms with Crippen LogP contribution in [0.4, 0.5) is 9.59 Å². The third-order valence-electron chi connectivity index (χ3n) is 0. The van der Waals surface area contributed by atoms with Crippen molar-refractivity contribution in [2.45, 2.75) is 0 Å². The molecule has 8 nitrogen and oxygen atoms in total. The van der Waals surface area contributed by atoms with Crippen LogP contribution in [0.25, 0.3) is 0 Å². The Labute approximate surface area is 55.3 Å². The van der Waals surface area contributed by atoms with E-state index < -0.39 is 12.3 Å². The van der Waals surface area contributed by atoms with Gasteiger partial charge in [-0.2, -0.15) is 0 Å². The lowest BCUT2D eigenvalue weighted by molar-refractivity contribution is 0.135. The summed E-state index contributed by atoms with van der Waals surface area (Å²) in [6.07, 6.45) is -3.67. The van der Waals surface area contributed by atoms with E-state index in [-0.39, 0.29) is 0 Å². The first kappa shape index (κ1) is 15.8. The Bertz CT molecular complexity index is 71.7. The Hall–Kier alpha value is -1.54. The highest BCUT2D eigenvalue weighted by Crippen LogP contribution is 1.43. The standard InChI is InChI=1S/2CH2O3.H4N2/c2*2-1(3)4;1-2/h2*(H2,2,3,4);1-2H2. The molecule has 62 valence electrons. The van der Waals surface area contributed by atoms with Gasteiger partial charge in [-0.05, 0) is 0 Å². The van der Waals surface area contributed by atoms with Crippen LogP contribution in [0, 0.1) is 0 Å². The molecule has 0 spiro atoms. The molecule has 0 unspecified atom stereocenters. The zero-order valence-corrected chi connectivity index (χ0v) is 4.76. The molecule has 0 saturated carbocycles. The van der Waals surface area contributed by atoms with Crippen LogP contribution in [0.3, 0.4) is 0 Å². The van der Waals surface area contributed by atoms with Gasteiger partial charge in [0.15, 0.2) is 0 Å². The lowest BCUT2D eigenvalue weighted by Crippen LogP contribution is -2.02. The van der Waals surface area contributed by atoms with E-state index in [1.807, 2.05) is 0 Å². The highest BCUT2D eigenvalue weighted by atomic mass is 16.6. The predicted molar refractivity (Wildman–Crippen MR) is 29.7 cm³/mol. The van der Waals surface area contributed by atoms with Crippen LogP contribution in [-0.4, -0.2) is 32.7 Å².